The number of carbonyl (C=O) groups excluding carboxylic acids is 2. The number of benzene rings is 1. The number of likely N-dealkylation sites (tertiary alicyclic amines) is 1. The normalized spacial score (nSPS) is 25.2. The van der Waals surface area contributed by atoms with Crippen molar-refractivity contribution < 1.29 is 19.4 Å². The number of fused-ring (bicyclic) bond motifs is 1. The van der Waals surface area contributed by atoms with Crippen molar-refractivity contribution in [2.24, 2.45) is 11.8 Å². The van der Waals surface area contributed by atoms with Crippen molar-refractivity contribution in [2.75, 3.05) is 13.2 Å². The summed E-state index contributed by atoms with van der Waals surface area (Å²) in [7, 11) is 0. The molecule has 0 unspecified atom stereocenters. The number of aliphatic hydroxyl groups is 1. The van der Waals surface area contributed by atoms with Crippen LogP contribution in [0.1, 0.15) is 12.8 Å². The highest BCUT2D eigenvalue weighted by Gasteiger charge is 2.47. The smallest absolute Gasteiger partial charge is 0.233 e. The van der Waals surface area contributed by atoms with E-state index in [2.05, 4.69) is 0 Å². The third kappa shape index (κ3) is 2.90. The van der Waals surface area contributed by atoms with Gasteiger partial charge in [-0.3, -0.25) is 14.5 Å². The Morgan fingerprint density at radius 3 is 2.27 bits per heavy atom. The molecule has 0 radical (unpaired) electrons. The predicted octanol–water partition coefficient (Wildman–Crippen LogP) is 1.38. The number of ether oxygens (including phenoxy) is 1. The summed E-state index contributed by atoms with van der Waals surface area (Å²) in [5.41, 5.74) is 0. The van der Waals surface area contributed by atoms with Gasteiger partial charge in [-0.05, 0) is 25.0 Å². The third-order valence-electron chi connectivity index (χ3n) is 4.18. The van der Waals surface area contributed by atoms with E-state index in [1.165, 1.54) is 4.90 Å². The molecule has 5 heteroatoms. The molecule has 1 saturated heterocycles. The number of hydrogen-bond acceptors (Lipinski definition) is 4. The van der Waals surface area contributed by atoms with E-state index in [4.69, 9.17) is 4.74 Å². The lowest BCUT2D eigenvalue weighted by Gasteiger charge is -2.19. The molecule has 3 atom stereocenters. The number of rotatable bonds is 5. The van der Waals surface area contributed by atoms with Gasteiger partial charge >= 0.3 is 0 Å². The first-order valence-electron chi connectivity index (χ1n) is 7.53. The highest BCUT2D eigenvalue weighted by Crippen LogP contribution is 2.35. The van der Waals surface area contributed by atoms with E-state index < -0.39 is 6.10 Å². The molecule has 116 valence electrons. The van der Waals surface area contributed by atoms with E-state index in [0.717, 1.165) is 0 Å². The highest BCUT2D eigenvalue weighted by atomic mass is 16.5. The molecule has 1 aromatic rings. The standard InChI is InChI=1S/C17H19NO4/c19-12(11-22-13-6-2-1-3-7-13)10-18-16(20)14-8-4-5-9-15(14)17(18)21/h1-7,12,14-15,19H,8-11H2/t12-,14-,15+/m0/s1. The molecule has 1 N–H and O–H groups in total. The van der Waals surface area contributed by atoms with Crippen LogP contribution in [0.15, 0.2) is 42.5 Å². The van der Waals surface area contributed by atoms with Crippen LogP contribution in [0.5, 0.6) is 5.75 Å². The Kier molecular flexibility index (Phi) is 4.24. The van der Waals surface area contributed by atoms with Crippen molar-refractivity contribution >= 4 is 11.8 Å². The van der Waals surface area contributed by atoms with Gasteiger partial charge in [0, 0.05) is 0 Å². The summed E-state index contributed by atoms with van der Waals surface area (Å²) in [6.45, 7) is 0.0478. The largest absolute Gasteiger partial charge is 0.491 e. The van der Waals surface area contributed by atoms with Crippen molar-refractivity contribution in [3.8, 4) is 5.75 Å². The van der Waals surface area contributed by atoms with Crippen LogP contribution >= 0.6 is 0 Å². The number of para-hydroxylation sites is 1. The van der Waals surface area contributed by atoms with Gasteiger partial charge in [0.2, 0.25) is 11.8 Å². The maximum atomic E-state index is 12.3. The zero-order valence-corrected chi connectivity index (χ0v) is 12.2. The lowest BCUT2D eigenvalue weighted by atomic mass is 9.85. The van der Waals surface area contributed by atoms with Gasteiger partial charge in [0.05, 0.1) is 18.4 Å². The molecule has 0 spiro atoms. The van der Waals surface area contributed by atoms with Crippen LogP contribution in [-0.4, -0.2) is 41.1 Å². The molecule has 1 heterocycles. The minimum atomic E-state index is -0.888. The third-order valence-corrected chi connectivity index (χ3v) is 4.18. The number of nitrogens with zero attached hydrogens (tertiary/aromatic N) is 1. The molecular formula is C17H19NO4. The molecule has 2 amide bonds. The molecule has 22 heavy (non-hydrogen) atoms. The summed E-state index contributed by atoms with van der Waals surface area (Å²) in [6.07, 6.45) is 4.24. The molecule has 5 nitrogen and oxygen atoms in total. The maximum Gasteiger partial charge on any atom is 0.233 e. The van der Waals surface area contributed by atoms with Crippen molar-refractivity contribution in [2.45, 2.75) is 18.9 Å². The first-order valence-corrected chi connectivity index (χ1v) is 7.53. The summed E-state index contributed by atoms with van der Waals surface area (Å²) >= 11 is 0. The molecular weight excluding hydrogens is 282 g/mol. The van der Waals surface area contributed by atoms with Gasteiger partial charge in [-0.25, -0.2) is 0 Å². The number of β-amino-alcohol motifs (C(OH)–C–C–N with tert-alkyl or cyclic N) is 1. The summed E-state index contributed by atoms with van der Waals surface area (Å²) in [5.74, 6) is -0.186. The van der Waals surface area contributed by atoms with E-state index in [1.54, 1.807) is 12.1 Å². The summed E-state index contributed by atoms with van der Waals surface area (Å²) in [5, 5.41) is 10.1. The second kappa shape index (κ2) is 6.32. The molecule has 0 aromatic heterocycles. The van der Waals surface area contributed by atoms with Gasteiger partial charge in [-0.15, -0.1) is 0 Å². The summed E-state index contributed by atoms with van der Waals surface area (Å²) in [6, 6.07) is 9.14. The van der Waals surface area contributed by atoms with Crippen LogP contribution in [0.2, 0.25) is 0 Å². The number of hydrogen-bond donors (Lipinski definition) is 1. The molecule has 1 aliphatic carbocycles. The highest BCUT2D eigenvalue weighted by molar-refractivity contribution is 6.05. The Hall–Kier alpha value is -2.14. The van der Waals surface area contributed by atoms with Gasteiger partial charge in [0.1, 0.15) is 18.5 Å². The van der Waals surface area contributed by atoms with Crippen molar-refractivity contribution in [3.05, 3.63) is 42.5 Å². The van der Waals surface area contributed by atoms with Gasteiger partial charge in [-0.2, -0.15) is 0 Å². The first kappa shape index (κ1) is 14.8. The van der Waals surface area contributed by atoms with Crippen LogP contribution in [0.4, 0.5) is 0 Å². The number of imide groups is 1. The number of aliphatic hydroxyl groups excluding tert-OH is 1. The maximum absolute atomic E-state index is 12.3. The SMILES string of the molecule is O=C1[C@H]2CC=CC[C@H]2C(=O)N1C[C@H](O)COc1ccccc1. The van der Waals surface area contributed by atoms with Crippen LogP contribution in [0.25, 0.3) is 0 Å². The van der Waals surface area contributed by atoms with Gasteiger partial charge in [-0.1, -0.05) is 30.4 Å². The van der Waals surface area contributed by atoms with E-state index in [0.29, 0.717) is 18.6 Å². The minimum Gasteiger partial charge on any atom is -0.491 e. The van der Waals surface area contributed by atoms with Gasteiger partial charge < -0.3 is 9.84 Å². The zero-order chi connectivity index (χ0) is 15.5. The zero-order valence-electron chi connectivity index (χ0n) is 12.2. The number of amides is 2. The van der Waals surface area contributed by atoms with Crippen molar-refractivity contribution in [1.82, 2.24) is 4.90 Å². The van der Waals surface area contributed by atoms with Gasteiger partial charge in [0.15, 0.2) is 0 Å². The molecule has 1 aromatic carbocycles. The van der Waals surface area contributed by atoms with Crippen LogP contribution in [0.3, 0.4) is 0 Å². The average molecular weight is 301 g/mol. The van der Waals surface area contributed by atoms with Crippen LogP contribution in [0, 0.1) is 11.8 Å². The minimum absolute atomic E-state index is 0.00248. The monoisotopic (exact) mass is 301 g/mol. The predicted molar refractivity (Wildman–Crippen MR) is 80.0 cm³/mol. The second-order valence-electron chi connectivity index (χ2n) is 5.72. The summed E-state index contributed by atoms with van der Waals surface area (Å²) in [4.78, 5) is 25.8. The fraction of sp³-hybridized carbons (Fsp3) is 0.412. The van der Waals surface area contributed by atoms with E-state index >= 15 is 0 Å². The number of carbonyl (C=O) groups is 2. The fourth-order valence-electron chi connectivity index (χ4n) is 3.02. The quantitative estimate of drug-likeness (QED) is 0.659. The van der Waals surface area contributed by atoms with E-state index in [9.17, 15) is 14.7 Å². The Bertz CT molecular complexity index is 558. The lowest BCUT2D eigenvalue weighted by Crippen LogP contribution is -2.40. The van der Waals surface area contributed by atoms with Crippen LogP contribution < -0.4 is 4.74 Å². The van der Waals surface area contributed by atoms with Gasteiger partial charge in [0.25, 0.3) is 0 Å². The molecule has 2 aliphatic rings. The average Bonchev–Trinajstić information content (AvgIpc) is 2.79. The summed E-state index contributed by atoms with van der Waals surface area (Å²) < 4.78 is 5.46. The first-order chi connectivity index (χ1) is 10.7. The Balaban J connectivity index is 1.56. The second-order valence-corrected chi connectivity index (χ2v) is 5.72. The Morgan fingerprint density at radius 2 is 1.68 bits per heavy atom. The van der Waals surface area contributed by atoms with E-state index in [-0.39, 0.29) is 36.8 Å². The molecule has 3 rings (SSSR count). The van der Waals surface area contributed by atoms with Crippen molar-refractivity contribution in [3.63, 3.8) is 0 Å². The van der Waals surface area contributed by atoms with E-state index in [1.807, 2.05) is 30.4 Å². The Morgan fingerprint density at radius 1 is 1.09 bits per heavy atom. The molecule has 1 fully saturated rings. The fourth-order valence-corrected chi connectivity index (χ4v) is 3.02. The lowest BCUT2D eigenvalue weighted by molar-refractivity contribution is -0.141. The van der Waals surface area contributed by atoms with Crippen molar-refractivity contribution in [1.29, 1.82) is 0 Å². The topological polar surface area (TPSA) is 66.8 Å². The number of allylic oxidation sites excluding steroid dienone is 2. The van der Waals surface area contributed by atoms with Crippen LogP contribution in [-0.2, 0) is 9.59 Å². The Labute approximate surface area is 129 Å². The molecule has 1 aliphatic heterocycles. The molecule has 0 saturated carbocycles. The molecule has 0 bridgehead atoms.